The van der Waals surface area contributed by atoms with Crippen LogP contribution in [-0.4, -0.2) is 34.0 Å². The lowest BCUT2D eigenvalue weighted by Crippen LogP contribution is -2.17. The van der Waals surface area contributed by atoms with Crippen LogP contribution in [-0.2, 0) is 28.1 Å². The highest BCUT2D eigenvalue weighted by Gasteiger charge is 2.23. The van der Waals surface area contributed by atoms with Gasteiger partial charge in [-0.25, -0.2) is 9.78 Å². The van der Waals surface area contributed by atoms with Gasteiger partial charge in [0.05, 0.1) is 7.11 Å². The predicted octanol–water partition coefficient (Wildman–Crippen LogP) is 1.76. The molecule has 0 heterocycles. The SMILES string of the molecule is CC[C@H](OCP(=O)(OC)OC)OOC. The molecule has 6 nitrogen and oxygen atoms in total. The first-order valence-corrected chi connectivity index (χ1v) is 5.86. The van der Waals surface area contributed by atoms with Crippen LogP contribution >= 0.6 is 7.60 Å². The molecule has 0 aromatic carbocycles. The first-order chi connectivity index (χ1) is 6.61. The molecule has 0 unspecified atom stereocenters. The molecule has 0 N–H and O–H groups in total. The van der Waals surface area contributed by atoms with Gasteiger partial charge in [0.15, 0.2) is 12.6 Å². The van der Waals surface area contributed by atoms with Crippen molar-refractivity contribution in [3.63, 3.8) is 0 Å². The summed E-state index contributed by atoms with van der Waals surface area (Å²) in [5, 5.41) is 0. The number of ether oxygens (including phenoxy) is 1. The average Bonchev–Trinajstić information content (AvgIpc) is 2.23. The van der Waals surface area contributed by atoms with E-state index in [-0.39, 0.29) is 6.35 Å². The monoisotopic (exact) mass is 228 g/mol. The normalized spacial score (nSPS) is 14.3. The van der Waals surface area contributed by atoms with Crippen molar-refractivity contribution >= 4 is 7.60 Å². The minimum Gasteiger partial charge on any atom is -0.337 e. The standard InChI is InChI=1S/C7H17O6P/c1-5-7(13-9-2)12-6-14(8,10-3)11-4/h7H,5-6H2,1-4H3/t7-/m1/s1. The largest absolute Gasteiger partial charge is 0.355 e. The Labute approximate surface area is 83.9 Å². The molecule has 0 aliphatic heterocycles. The Hall–Kier alpha value is 0.0300. The fraction of sp³-hybridized carbons (Fsp3) is 1.00. The van der Waals surface area contributed by atoms with Gasteiger partial charge in [-0.2, -0.15) is 0 Å². The van der Waals surface area contributed by atoms with Crippen LogP contribution in [0.25, 0.3) is 0 Å². The van der Waals surface area contributed by atoms with E-state index in [1.807, 2.05) is 6.92 Å². The second-order valence-corrected chi connectivity index (χ2v) is 4.58. The van der Waals surface area contributed by atoms with Crippen molar-refractivity contribution in [1.82, 2.24) is 0 Å². The molecule has 0 aliphatic rings. The lowest BCUT2D eigenvalue weighted by Gasteiger charge is -2.18. The van der Waals surface area contributed by atoms with E-state index in [1.165, 1.54) is 21.3 Å². The summed E-state index contributed by atoms with van der Waals surface area (Å²) in [6.45, 7) is 1.84. The Bertz CT molecular complexity index is 177. The van der Waals surface area contributed by atoms with Gasteiger partial charge in [-0.3, -0.25) is 4.57 Å². The molecule has 0 fully saturated rings. The van der Waals surface area contributed by atoms with E-state index in [2.05, 4.69) is 13.9 Å². The van der Waals surface area contributed by atoms with E-state index in [9.17, 15) is 4.57 Å². The molecule has 0 amide bonds. The molecule has 0 saturated heterocycles. The highest BCUT2D eigenvalue weighted by atomic mass is 31.2. The summed E-state index contributed by atoms with van der Waals surface area (Å²) < 4.78 is 26.0. The molecule has 14 heavy (non-hydrogen) atoms. The summed E-state index contributed by atoms with van der Waals surface area (Å²) in [6.07, 6.45) is -0.165. The molecule has 0 saturated carbocycles. The third-order valence-corrected chi connectivity index (χ3v) is 3.09. The van der Waals surface area contributed by atoms with E-state index < -0.39 is 13.9 Å². The number of hydrogen-bond acceptors (Lipinski definition) is 6. The summed E-state index contributed by atoms with van der Waals surface area (Å²) in [4.78, 5) is 9.15. The van der Waals surface area contributed by atoms with Crippen molar-refractivity contribution in [2.75, 3.05) is 27.7 Å². The smallest absolute Gasteiger partial charge is 0.337 e. The second kappa shape index (κ2) is 7.34. The average molecular weight is 228 g/mol. The van der Waals surface area contributed by atoms with Gasteiger partial charge < -0.3 is 13.8 Å². The Morgan fingerprint density at radius 3 is 2.14 bits per heavy atom. The summed E-state index contributed by atoms with van der Waals surface area (Å²) in [5.41, 5.74) is 0. The van der Waals surface area contributed by atoms with Crippen LogP contribution in [0.2, 0.25) is 0 Å². The van der Waals surface area contributed by atoms with Gasteiger partial charge in [0.25, 0.3) is 0 Å². The summed E-state index contributed by atoms with van der Waals surface area (Å²) >= 11 is 0. The van der Waals surface area contributed by atoms with Crippen molar-refractivity contribution in [3.8, 4) is 0 Å². The van der Waals surface area contributed by atoms with Gasteiger partial charge in [-0.1, -0.05) is 6.92 Å². The van der Waals surface area contributed by atoms with Crippen LogP contribution in [0.3, 0.4) is 0 Å². The van der Waals surface area contributed by atoms with Crippen LogP contribution < -0.4 is 0 Å². The van der Waals surface area contributed by atoms with E-state index >= 15 is 0 Å². The zero-order chi connectivity index (χ0) is 11.0. The topological polar surface area (TPSA) is 63.2 Å². The molecule has 0 rings (SSSR count). The number of hydrogen-bond donors (Lipinski definition) is 0. The van der Waals surface area contributed by atoms with Crippen LogP contribution in [0.5, 0.6) is 0 Å². The molecule has 0 aromatic heterocycles. The van der Waals surface area contributed by atoms with Gasteiger partial charge >= 0.3 is 7.60 Å². The van der Waals surface area contributed by atoms with Crippen molar-refractivity contribution in [3.05, 3.63) is 0 Å². The minimum atomic E-state index is -3.13. The van der Waals surface area contributed by atoms with Gasteiger partial charge in [-0.15, -0.1) is 0 Å². The summed E-state index contributed by atoms with van der Waals surface area (Å²) in [5.74, 6) is 0. The summed E-state index contributed by atoms with van der Waals surface area (Å²) in [6, 6.07) is 0. The zero-order valence-electron chi connectivity index (χ0n) is 8.89. The van der Waals surface area contributed by atoms with E-state index in [4.69, 9.17) is 9.62 Å². The third kappa shape index (κ3) is 5.05. The molecule has 86 valence electrons. The quantitative estimate of drug-likeness (QED) is 0.273. The fourth-order valence-corrected chi connectivity index (χ4v) is 1.38. The molecular formula is C7H17O6P. The van der Waals surface area contributed by atoms with Gasteiger partial charge in [-0.05, 0) is 6.42 Å². The molecule has 0 radical (unpaired) electrons. The first-order valence-electron chi connectivity index (χ1n) is 4.13. The highest BCUT2D eigenvalue weighted by Crippen LogP contribution is 2.46. The highest BCUT2D eigenvalue weighted by molar-refractivity contribution is 7.53. The Kier molecular flexibility index (Phi) is 7.35. The van der Waals surface area contributed by atoms with Crippen LogP contribution in [0.15, 0.2) is 0 Å². The number of rotatable bonds is 8. The maximum Gasteiger partial charge on any atom is 0.355 e. The maximum atomic E-state index is 11.5. The van der Waals surface area contributed by atoms with E-state index in [0.29, 0.717) is 6.42 Å². The zero-order valence-corrected chi connectivity index (χ0v) is 9.78. The van der Waals surface area contributed by atoms with Crippen molar-refractivity contribution in [2.24, 2.45) is 0 Å². The van der Waals surface area contributed by atoms with Crippen molar-refractivity contribution in [1.29, 1.82) is 0 Å². The minimum absolute atomic E-state index is 0.165. The Morgan fingerprint density at radius 2 is 1.79 bits per heavy atom. The fourth-order valence-electron chi connectivity index (χ4n) is 0.675. The van der Waals surface area contributed by atoms with Gasteiger partial charge in [0.2, 0.25) is 0 Å². The van der Waals surface area contributed by atoms with Crippen LogP contribution in [0.1, 0.15) is 13.3 Å². The molecule has 0 aliphatic carbocycles. The lowest BCUT2D eigenvalue weighted by atomic mass is 10.5. The molecule has 0 bridgehead atoms. The van der Waals surface area contributed by atoms with E-state index in [0.717, 1.165) is 0 Å². The second-order valence-electron chi connectivity index (χ2n) is 2.37. The van der Waals surface area contributed by atoms with Gasteiger partial charge in [0.1, 0.15) is 0 Å². The van der Waals surface area contributed by atoms with Crippen molar-refractivity contribution in [2.45, 2.75) is 19.6 Å². The molecule has 0 aromatic rings. The maximum absolute atomic E-state index is 11.5. The lowest BCUT2D eigenvalue weighted by molar-refractivity contribution is -0.361. The van der Waals surface area contributed by atoms with Gasteiger partial charge in [0, 0.05) is 14.2 Å². The third-order valence-electron chi connectivity index (χ3n) is 1.51. The summed E-state index contributed by atoms with van der Waals surface area (Å²) in [7, 11) is 0.838. The Balaban J connectivity index is 3.94. The van der Waals surface area contributed by atoms with Crippen molar-refractivity contribution < 1.29 is 28.1 Å². The first kappa shape index (κ1) is 14.0. The predicted molar refractivity (Wildman–Crippen MR) is 49.7 cm³/mol. The molecular weight excluding hydrogens is 211 g/mol. The molecule has 0 spiro atoms. The van der Waals surface area contributed by atoms with E-state index in [1.54, 1.807) is 0 Å². The van der Waals surface area contributed by atoms with Crippen LogP contribution in [0, 0.1) is 0 Å². The molecule has 7 heteroatoms. The Morgan fingerprint density at radius 1 is 1.21 bits per heavy atom. The van der Waals surface area contributed by atoms with Crippen LogP contribution in [0.4, 0.5) is 0 Å². The molecule has 1 atom stereocenters.